The first-order valence-electron chi connectivity index (χ1n) is 5.67. The Morgan fingerprint density at radius 3 is 2.79 bits per heavy atom. The van der Waals surface area contributed by atoms with E-state index in [1.54, 1.807) is 6.07 Å². The monoisotopic (exact) mass is 281 g/mol. The summed E-state index contributed by atoms with van der Waals surface area (Å²) < 4.78 is 25.9. The van der Waals surface area contributed by atoms with E-state index in [1.165, 1.54) is 18.2 Å². The molecule has 1 aromatic carbocycles. The number of hydrogen-bond acceptors (Lipinski definition) is 3. The van der Waals surface area contributed by atoms with Gasteiger partial charge >= 0.3 is 5.97 Å². The normalized spacial score (nSPS) is 10.9. The van der Waals surface area contributed by atoms with E-state index < -0.39 is 16.0 Å². The third-order valence-electron chi connectivity index (χ3n) is 2.35. The average molecular weight is 281 g/mol. The molecule has 0 atom stereocenters. The van der Waals surface area contributed by atoms with E-state index >= 15 is 0 Å². The van der Waals surface area contributed by atoms with Crippen molar-refractivity contribution in [3.05, 3.63) is 35.4 Å². The lowest BCUT2D eigenvalue weighted by molar-refractivity contribution is 0.0696. The molecule has 6 heteroatoms. The predicted octanol–water partition coefficient (Wildman–Crippen LogP) is 1.22. The van der Waals surface area contributed by atoms with Gasteiger partial charge in [-0.3, -0.25) is 0 Å². The van der Waals surface area contributed by atoms with Crippen LogP contribution in [0.2, 0.25) is 0 Å². The molecule has 0 saturated carbocycles. The zero-order chi connectivity index (χ0) is 14.3. The summed E-state index contributed by atoms with van der Waals surface area (Å²) in [7, 11) is -3.47. The molecule has 5 nitrogen and oxygen atoms in total. The van der Waals surface area contributed by atoms with Gasteiger partial charge < -0.3 is 5.11 Å². The summed E-state index contributed by atoms with van der Waals surface area (Å²) in [5, 5.41) is 8.82. The van der Waals surface area contributed by atoms with Crippen LogP contribution in [-0.2, 0) is 15.8 Å². The van der Waals surface area contributed by atoms with Gasteiger partial charge in [-0.15, -0.1) is 12.3 Å². The van der Waals surface area contributed by atoms with Crippen LogP contribution in [0.4, 0.5) is 0 Å². The second kappa shape index (κ2) is 6.92. The highest BCUT2D eigenvalue weighted by Crippen LogP contribution is 2.08. The van der Waals surface area contributed by atoms with Crippen LogP contribution < -0.4 is 4.72 Å². The molecule has 0 amide bonds. The lowest BCUT2D eigenvalue weighted by Crippen LogP contribution is -2.26. The Balaban J connectivity index is 2.65. The minimum absolute atomic E-state index is 0.0695. The number of aromatic carboxylic acids is 1. The van der Waals surface area contributed by atoms with Gasteiger partial charge in [-0.25, -0.2) is 17.9 Å². The van der Waals surface area contributed by atoms with Crippen molar-refractivity contribution in [3.63, 3.8) is 0 Å². The van der Waals surface area contributed by atoms with Gasteiger partial charge in [-0.1, -0.05) is 12.1 Å². The van der Waals surface area contributed by atoms with Crippen LogP contribution in [0, 0.1) is 12.3 Å². The quantitative estimate of drug-likeness (QED) is 0.581. The SMILES string of the molecule is C#CCCCNS(=O)(=O)Cc1cccc(C(=O)O)c1. The molecule has 0 aliphatic carbocycles. The zero-order valence-electron chi connectivity index (χ0n) is 10.3. The molecule has 0 radical (unpaired) electrons. The molecule has 0 aromatic heterocycles. The molecule has 0 saturated heterocycles. The Morgan fingerprint density at radius 2 is 2.16 bits per heavy atom. The van der Waals surface area contributed by atoms with Crippen LogP contribution in [0.25, 0.3) is 0 Å². The number of nitrogens with one attached hydrogen (secondary N) is 1. The molecular formula is C13H15NO4S. The fraction of sp³-hybridized carbons (Fsp3) is 0.308. The first-order valence-corrected chi connectivity index (χ1v) is 7.33. The Labute approximate surface area is 112 Å². The number of hydrogen-bond donors (Lipinski definition) is 2. The van der Waals surface area contributed by atoms with E-state index in [-0.39, 0.29) is 17.9 Å². The number of sulfonamides is 1. The lowest BCUT2D eigenvalue weighted by atomic mass is 10.1. The number of carboxylic acid groups (broad SMARTS) is 1. The van der Waals surface area contributed by atoms with Crippen molar-refractivity contribution >= 4 is 16.0 Å². The second-order valence-corrected chi connectivity index (χ2v) is 5.77. The van der Waals surface area contributed by atoms with Gasteiger partial charge in [-0.05, 0) is 24.1 Å². The summed E-state index contributed by atoms with van der Waals surface area (Å²) in [5.74, 6) is 1.10. The van der Waals surface area contributed by atoms with Gasteiger partial charge in [0.1, 0.15) is 0 Å². The van der Waals surface area contributed by atoms with Crippen molar-refractivity contribution < 1.29 is 18.3 Å². The Kier molecular flexibility index (Phi) is 5.55. The van der Waals surface area contributed by atoms with E-state index in [4.69, 9.17) is 11.5 Å². The average Bonchev–Trinajstić information content (AvgIpc) is 2.34. The first kappa shape index (κ1) is 15.2. The van der Waals surface area contributed by atoms with Gasteiger partial charge in [0.05, 0.1) is 11.3 Å². The maximum atomic E-state index is 11.7. The summed E-state index contributed by atoms with van der Waals surface area (Å²) >= 11 is 0. The van der Waals surface area contributed by atoms with E-state index in [2.05, 4.69) is 10.6 Å². The Morgan fingerprint density at radius 1 is 1.42 bits per heavy atom. The fourth-order valence-corrected chi connectivity index (χ4v) is 2.66. The third kappa shape index (κ3) is 5.55. The molecule has 0 spiro atoms. The van der Waals surface area contributed by atoms with E-state index in [1.807, 2.05) is 0 Å². The van der Waals surface area contributed by atoms with Crippen LogP contribution >= 0.6 is 0 Å². The lowest BCUT2D eigenvalue weighted by Gasteiger charge is -2.06. The largest absolute Gasteiger partial charge is 0.478 e. The maximum absolute atomic E-state index is 11.7. The highest BCUT2D eigenvalue weighted by atomic mass is 32.2. The Bertz CT molecular complexity index is 587. The van der Waals surface area contributed by atoms with Crippen LogP contribution in [0.1, 0.15) is 28.8 Å². The summed E-state index contributed by atoms with van der Waals surface area (Å²) in [6.45, 7) is 0.283. The van der Waals surface area contributed by atoms with Crippen molar-refractivity contribution in [1.82, 2.24) is 4.72 Å². The summed E-state index contributed by atoms with van der Waals surface area (Å²) in [5.41, 5.74) is 0.504. The minimum atomic E-state index is -3.47. The number of carboxylic acids is 1. The third-order valence-corrected chi connectivity index (χ3v) is 3.71. The van der Waals surface area contributed by atoms with Gasteiger partial charge in [0.25, 0.3) is 0 Å². The van der Waals surface area contributed by atoms with Crippen LogP contribution in [0.3, 0.4) is 0 Å². The molecule has 2 N–H and O–H groups in total. The molecule has 0 unspecified atom stereocenters. The molecular weight excluding hydrogens is 266 g/mol. The molecule has 1 rings (SSSR count). The maximum Gasteiger partial charge on any atom is 0.335 e. The molecule has 1 aromatic rings. The van der Waals surface area contributed by atoms with Crippen LogP contribution in [0.5, 0.6) is 0 Å². The van der Waals surface area contributed by atoms with Crippen molar-refractivity contribution in [2.75, 3.05) is 6.54 Å². The van der Waals surface area contributed by atoms with Crippen LogP contribution in [0.15, 0.2) is 24.3 Å². The van der Waals surface area contributed by atoms with Gasteiger partial charge in [0.2, 0.25) is 10.0 Å². The van der Waals surface area contributed by atoms with Crippen molar-refractivity contribution in [2.24, 2.45) is 0 Å². The van der Waals surface area contributed by atoms with E-state index in [0.29, 0.717) is 18.4 Å². The van der Waals surface area contributed by atoms with E-state index in [9.17, 15) is 13.2 Å². The number of benzene rings is 1. The topological polar surface area (TPSA) is 83.5 Å². The second-order valence-electron chi connectivity index (χ2n) is 3.97. The van der Waals surface area contributed by atoms with Crippen molar-refractivity contribution in [2.45, 2.75) is 18.6 Å². The highest BCUT2D eigenvalue weighted by Gasteiger charge is 2.12. The zero-order valence-corrected chi connectivity index (χ0v) is 11.1. The number of carbonyl (C=O) groups is 1. The molecule has 0 fully saturated rings. The smallest absolute Gasteiger partial charge is 0.335 e. The number of rotatable bonds is 7. The summed E-state index contributed by atoms with van der Waals surface area (Å²) in [6.07, 6.45) is 6.15. The predicted molar refractivity (Wildman–Crippen MR) is 72.1 cm³/mol. The van der Waals surface area contributed by atoms with E-state index in [0.717, 1.165) is 0 Å². The van der Waals surface area contributed by atoms with Gasteiger partial charge in [0, 0.05) is 13.0 Å². The van der Waals surface area contributed by atoms with Crippen LogP contribution in [-0.4, -0.2) is 26.0 Å². The first-order chi connectivity index (χ1) is 8.94. The summed E-state index contributed by atoms with van der Waals surface area (Å²) in [4.78, 5) is 10.8. The molecule has 0 aliphatic rings. The Hall–Kier alpha value is -1.84. The molecule has 0 bridgehead atoms. The molecule has 0 heterocycles. The minimum Gasteiger partial charge on any atom is -0.478 e. The molecule has 102 valence electrons. The van der Waals surface area contributed by atoms with Crippen molar-refractivity contribution in [3.8, 4) is 12.3 Å². The van der Waals surface area contributed by atoms with Gasteiger partial charge in [0.15, 0.2) is 0 Å². The fourth-order valence-electron chi connectivity index (χ4n) is 1.48. The standard InChI is InChI=1S/C13H15NO4S/c1-2-3-4-8-14-19(17,18)10-11-6-5-7-12(9-11)13(15)16/h1,5-7,9,14H,3-4,8,10H2,(H,15,16). The molecule has 19 heavy (non-hydrogen) atoms. The summed E-state index contributed by atoms with van der Waals surface area (Å²) in [6, 6.07) is 5.86. The number of terminal acetylenes is 1. The molecule has 0 aliphatic heterocycles. The number of unbranched alkanes of at least 4 members (excludes halogenated alkanes) is 1. The highest BCUT2D eigenvalue weighted by molar-refractivity contribution is 7.88. The van der Waals surface area contributed by atoms with Crippen molar-refractivity contribution in [1.29, 1.82) is 0 Å². The van der Waals surface area contributed by atoms with Gasteiger partial charge in [-0.2, -0.15) is 0 Å².